The number of hydrogen-bond donors (Lipinski definition) is 2. The first-order chi connectivity index (χ1) is 9.37. The van der Waals surface area contributed by atoms with Crippen molar-refractivity contribution in [2.24, 2.45) is 0 Å². The van der Waals surface area contributed by atoms with Gasteiger partial charge in [0, 0.05) is 18.3 Å². The summed E-state index contributed by atoms with van der Waals surface area (Å²) >= 11 is 0. The zero-order valence-corrected chi connectivity index (χ0v) is 10.7. The number of aromatic nitrogens is 1. The van der Waals surface area contributed by atoms with E-state index in [1.54, 1.807) is 0 Å². The highest BCUT2D eigenvalue weighted by Crippen LogP contribution is 2.38. The van der Waals surface area contributed by atoms with Crippen molar-refractivity contribution in [1.29, 1.82) is 0 Å². The molecule has 0 amide bonds. The molecule has 1 aromatic heterocycles. The molecular formula is C13H15F3N2O2. The van der Waals surface area contributed by atoms with Crippen molar-refractivity contribution < 1.29 is 23.0 Å². The second-order valence-corrected chi connectivity index (χ2v) is 5.47. The van der Waals surface area contributed by atoms with Gasteiger partial charge in [-0.25, -0.2) is 0 Å². The lowest BCUT2D eigenvalue weighted by Gasteiger charge is -2.45. The summed E-state index contributed by atoms with van der Waals surface area (Å²) in [5.41, 5.74) is -1.95. The summed E-state index contributed by atoms with van der Waals surface area (Å²) in [6.07, 6.45) is -2.72. The molecular weight excluding hydrogens is 273 g/mol. The van der Waals surface area contributed by atoms with Gasteiger partial charge in [0.15, 0.2) is 0 Å². The maximum atomic E-state index is 12.7. The molecule has 2 unspecified atom stereocenters. The molecule has 20 heavy (non-hydrogen) atoms. The van der Waals surface area contributed by atoms with Crippen LogP contribution in [0.5, 0.6) is 0 Å². The number of hydrogen-bond acceptors (Lipinski definition) is 4. The summed E-state index contributed by atoms with van der Waals surface area (Å²) in [6, 6.07) is 2.34. The summed E-state index contributed by atoms with van der Waals surface area (Å²) < 4.78 is 43.5. The van der Waals surface area contributed by atoms with Gasteiger partial charge >= 0.3 is 6.18 Å². The predicted octanol–water partition coefficient (Wildman–Crippen LogP) is 1.44. The summed E-state index contributed by atoms with van der Waals surface area (Å²) in [5.74, 6) is 0. The van der Waals surface area contributed by atoms with Crippen LogP contribution in [0, 0.1) is 0 Å². The number of morpholine rings is 1. The number of ether oxygens (including phenoxy) is 1. The van der Waals surface area contributed by atoms with Crippen molar-refractivity contribution in [2.45, 2.75) is 36.7 Å². The fourth-order valence-corrected chi connectivity index (χ4v) is 3.03. The van der Waals surface area contributed by atoms with E-state index in [-0.39, 0.29) is 17.6 Å². The molecule has 0 saturated carbocycles. The molecule has 110 valence electrons. The lowest BCUT2D eigenvalue weighted by atomic mass is 9.78. The van der Waals surface area contributed by atoms with E-state index in [1.165, 1.54) is 6.07 Å². The predicted molar refractivity (Wildman–Crippen MR) is 63.9 cm³/mol. The number of halogens is 3. The number of piperidine rings is 1. The van der Waals surface area contributed by atoms with Crippen LogP contribution < -0.4 is 5.32 Å². The van der Waals surface area contributed by atoms with Crippen LogP contribution in [0.15, 0.2) is 18.3 Å². The number of fused-ring (bicyclic) bond motifs is 2. The van der Waals surface area contributed by atoms with Gasteiger partial charge in [-0.1, -0.05) is 0 Å². The number of nitrogens with zero attached hydrogens (tertiary/aromatic N) is 1. The molecule has 3 rings (SSSR count). The Morgan fingerprint density at radius 3 is 2.55 bits per heavy atom. The summed E-state index contributed by atoms with van der Waals surface area (Å²) in [5, 5.41) is 14.0. The highest BCUT2D eigenvalue weighted by Gasteiger charge is 2.43. The molecule has 1 aromatic rings. The van der Waals surface area contributed by atoms with E-state index < -0.39 is 17.5 Å². The van der Waals surface area contributed by atoms with E-state index in [0.29, 0.717) is 26.1 Å². The Balaban J connectivity index is 1.91. The molecule has 2 aliphatic rings. The number of aliphatic hydroxyl groups is 1. The lowest BCUT2D eigenvalue weighted by molar-refractivity contribution is -0.141. The molecule has 2 saturated heterocycles. The Morgan fingerprint density at radius 1 is 1.30 bits per heavy atom. The standard InChI is InChI=1S/C13H15F3N2O2/c14-13(15,16)11-3-8(1-2-17-11)12(19)4-9-6-20-7-10(5-12)18-9/h1-3,9-10,18-19H,4-7H2. The van der Waals surface area contributed by atoms with Gasteiger partial charge in [0.1, 0.15) is 5.69 Å². The maximum Gasteiger partial charge on any atom is 0.433 e. The monoisotopic (exact) mass is 288 g/mol. The Bertz CT molecular complexity index is 495. The molecule has 2 atom stereocenters. The van der Waals surface area contributed by atoms with E-state index in [4.69, 9.17) is 4.74 Å². The van der Waals surface area contributed by atoms with Crippen LogP contribution in [0.3, 0.4) is 0 Å². The topological polar surface area (TPSA) is 54.4 Å². The molecule has 4 nitrogen and oxygen atoms in total. The van der Waals surface area contributed by atoms with Gasteiger partial charge in [0.05, 0.1) is 18.8 Å². The third-order valence-corrected chi connectivity index (χ3v) is 3.87. The summed E-state index contributed by atoms with van der Waals surface area (Å²) in [7, 11) is 0. The minimum absolute atomic E-state index is 0.0324. The average molecular weight is 288 g/mol. The van der Waals surface area contributed by atoms with Crippen molar-refractivity contribution in [3.8, 4) is 0 Å². The van der Waals surface area contributed by atoms with Crippen LogP contribution >= 0.6 is 0 Å². The fraction of sp³-hybridized carbons (Fsp3) is 0.615. The quantitative estimate of drug-likeness (QED) is 0.821. The lowest BCUT2D eigenvalue weighted by Crippen LogP contribution is -2.58. The largest absolute Gasteiger partial charge is 0.433 e. The van der Waals surface area contributed by atoms with Crippen LogP contribution in [0.1, 0.15) is 24.1 Å². The Hall–Kier alpha value is -1.18. The average Bonchev–Trinajstić information content (AvgIpc) is 2.37. The van der Waals surface area contributed by atoms with E-state index in [9.17, 15) is 18.3 Å². The number of pyridine rings is 1. The van der Waals surface area contributed by atoms with Crippen molar-refractivity contribution in [2.75, 3.05) is 13.2 Å². The minimum Gasteiger partial charge on any atom is -0.385 e. The van der Waals surface area contributed by atoms with Crippen LogP contribution in [-0.2, 0) is 16.5 Å². The first-order valence-electron chi connectivity index (χ1n) is 6.47. The minimum atomic E-state index is -4.50. The number of nitrogens with one attached hydrogen (secondary N) is 1. The molecule has 0 radical (unpaired) electrons. The third-order valence-electron chi connectivity index (χ3n) is 3.87. The second kappa shape index (κ2) is 4.68. The molecule has 2 N–H and O–H groups in total. The molecule has 0 spiro atoms. The van der Waals surface area contributed by atoms with Gasteiger partial charge < -0.3 is 15.2 Å². The van der Waals surface area contributed by atoms with Gasteiger partial charge in [-0.05, 0) is 30.5 Å². The molecule has 0 aromatic carbocycles. The van der Waals surface area contributed by atoms with Crippen molar-refractivity contribution in [3.63, 3.8) is 0 Å². The van der Waals surface area contributed by atoms with Crippen molar-refractivity contribution in [3.05, 3.63) is 29.6 Å². The van der Waals surface area contributed by atoms with Gasteiger partial charge in [0.25, 0.3) is 0 Å². The summed E-state index contributed by atoms with van der Waals surface area (Å²) in [4.78, 5) is 3.33. The molecule has 2 fully saturated rings. The SMILES string of the molecule is OC1(c2ccnc(C(F)(F)F)c2)CC2COCC(C1)N2. The van der Waals surface area contributed by atoms with Gasteiger partial charge in [-0.3, -0.25) is 4.98 Å². The second-order valence-electron chi connectivity index (χ2n) is 5.47. The smallest absolute Gasteiger partial charge is 0.385 e. The maximum absolute atomic E-state index is 12.7. The summed E-state index contributed by atoms with van der Waals surface area (Å²) in [6.45, 7) is 0.937. The molecule has 3 heterocycles. The van der Waals surface area contributed by atoms with Gasteiger partial charge in [-0.2, -0.15) is 13.2 Å². The van der Waals surface area contributed by atoms with Crippen LogP contribution in [0.2, 0.25) is 0 Å². The van der Waals surface area contributed by atoms with Gasteiger partial charge in [-0.15, -0.1) is 0 Å². The molecule has 2 aliphatic heterocycles. The first kappa shape index (κ1) is 13.8. The molecule has 2 bridgehead atoms. The van der Waals surface area contributed by atoms with Crippen molar-refractivity contribution >= 4 is 0 Å². The van der Waals surface area contributed by atoms with Crippen molar-refractivity contribution in [1.82, 2.24) is 10.3 Å². The van der Waals surface area contributed by atoms with E-state index in [2.05, 4.69) is 10.3 Å². The Labute approximate surface area is 114 Å². The molecule has 0 aliphatic carbocycles. The van der Waals surface area contributed by atoms with E-state index >= 15 is 0 Å². The van der Waals surface area contributed by atoms with E-state index in [1.807, 2.05) is 0 Å². The van der Waals surface area contributed by atoms with Gasteiger partial charge in [0.2, 0.25) is 0 Å². The Morgan fingerprint density at radius 2 is 1.95 bits per heavy atom. The fourth-order valence-electron chi connectivity index (χ4n) is 3.03. The Kier molecular flexibility index (Phi) is 3.23. The zero-order chi connectivity index (χ0) is 14.4. The highest BCUT2D eigenvalue weighted by atomic mass is 19.4. The number of alkyl halides is 3. The van der Waals surface area contributed by atoms with Crippen LogP contribution in [0.25, 0.3) is 0 Å². The first-order valence-corrected chi connectivity index (χ1v) is 6.47. The molecule has 7 heteroatoms. The van der Waals surface area contributed by atoms with Crippen LogP contribution in [0.4, 0.5) is 13.2 Å². The highest BCUT2D eigenvalue weighted by molar-refractivity contribution is 5.26. The zero-order valence-electron chi connectivity index (χ0n) is 10.7. The number of rotatable bonds is 1. The normalized spacial score (nSPS) is 34.0. The van der Waals surface area contributed by atoms with E-state index in [0.717, 1.165) is 12.3 Å². The third kappa shape index (κ3) is 2.53. The van der Waals surface area contributed by atoms with Crippen LogP contribution in [-0.4, -0.2) is 35.4 Å².